The zero-order valence-corrected chi connectivity index (χ0v) is 9.49. The molecule has 0 saturated heterocycles. The highest BCUT2D eigenvalue weighted by Crippen LogP contribution is 2.40. The zero-order valence-electron chi connectivity index (χ0n) is 9.49. The van der Waals surface area contributed by atoms with Gasteiger partial charge in [-0.1, -0.05) is 19.8 Å². The van der Waals surface area contributed by atoms with E-state index in [9.17, 15) is 4.79 Å². The van der Waals surface area contributed by atoms with Crippen molar-refractivity contribution < 1.29 is 4.79 Å². The van der Waals surface area contributed by atoms with E-state index in [-0.39, 0.29) is 11.2 Å². The van der Waals surface area contributed by atoms with E-state index in [1.165, 1.54) is 12.8 Å². The van der Waals surface area contributed by atoms with Crippen LogP contribution in [0.3, 0.4) is 0 Å². The molecule has 0 aromatic carbocycles. The van der Waals surface area contributed by atoms with Crippen molar-refractivity contribution in [2.24, 2.45) is 5.41 Å². The van der Waals surface area contributed by atoms with Gasteiger partial charge in [0.05, 0.1) is 11.8 Å². The lowest BCUT2D eigenvalue weighted by molar-refractivity contribution is 0.0823. The lowest BCUT2D eigenvalue weighted by atomic mass is 9.82. The average Bonchev–Trinajstić information content (AvgIpc) is 2.85. The number of aryl methyl sites for hydroxylation is 1. The number of Topliss-reactive ketones (excluding diaryl/α,β-unsaturated/α-hetero) is 1. The molecule has 15 heavy (non-hydrogen) atoms. The fourth-order valence-corrected chi connectivity index (χ4v) is 2.38. The second-order valence-corrected chi connectivity index (χ2v) is 4.68. The van der Waals surface area contributed by atoms with Crippen LogP contribution in [0.1, 0.15) is 49.9 Å². The van der Waals surface area contributed by atoms with Gasteiger partial charge in [-0.15, -0.1) is 0 Å². The maximum absolute atomic E-state index is 12.2. The predicted molar refractivity (Wildman–Crippen MR) is 58.8 cm³/mol. The Morgan fingerprint density at radius 3 is 2.73 bits per heavy atom. The third kappa shape index (κ3) is 1.83. The lowest BCUT2D eigenvalue weighted by Gasteiger charge is -2.20. The Morgan fingerprint density at radius 1 is 1.53 bits per heavy atom. The van der Waals surface area contributed by atoms with E-state index in [1.54, 1.807) is 6.20 Å². The van der Waals surface area contributed by atoms with Crippen molar-refractivity contribution in [1.29, 1.82) is 0 Å². The highest BCUT2D eigenvalue weighted by atomic mass is 16.1. The first-order valence-electron chi connectivity index (χ1n) is 5.73. The Labute approximate surface area is 90.5 Å². The molecule has 2 rings (SSSR count). The van der Waals surface area contributed by atoms with E-state index in [4.69, 9.17) is 0 Å². The second kappa shape index (κ2) is 3.80. The van der Waals surface area contributed by atoms with Gasteiger partial charge >= 0.3 is 0 Å². The third-order valence-corrected chi connectivity index (χ3v) is 3.47. The van der Waals surface area contributed by atoms with Gasteiger partial charge in [-0.2, -0.15) is 5.10 Å². The number of carbonyl (C=O) groups is 1. The second-order valence-electron chi connectivity index (χ2n) is 4.68. The summed E-state index contributed by atoms with van der Waals surface area (Å²) in [5, 5.41) is 4.15. The molecule has 82 valence electrons. The molecule has 0 bridgehead atoms. The quantitative estimate of drug-likeness (QED) is 0.713. The van der Waals surface area contributed by atoms with Gasteiger partial charge in [0.25, 0.3) is 0 Å². The van der Waals surface area contributed by atoms with Gasteiger partial charge in [-0.3, -0.25) is 9.48 Å². The molecule has 1 fully saturated rings. The van der Waals surface area contributed by atoms with E-state index in [1.807, 2.05) is 17.8 Å². The number of ketones is 1. The predicted octanol–water partition coefficient (Wildman–Crippen LogP) is 2.67. The minimum Gasteiger partial charge on any atom is -0.293 e. The summed E-state index contributed by atoms with van der Waals surface area (Å²) in [4.78, 5) is 12.2. The normalized spacial score (nSPS) is 19.3. The lowest BCUT2D eigenvalue weighted by Crippen LogP contribution is -2.23. The molecule has 0 N–H and O–H groups in total. The van der Waals surface area contributed by atoms with Crippen LogP contribution in [0.15, 0.2) is 12.4 Å². The average molecular weight is 206 g/mol. The van der Waals surface area contributed by atoms with Gasteiger partial charge in [0, 0.05) is 18.2 Å². The summed E-state index contributed by atoms with van der Waals surface area (Å²) in [6.07, 6.45) is 8.00. The fourth-order valence-electron chi connectivity index (χ4n) is 2.38. The van der Waals surface area contributed by atoms with Crippen LogP contribution in [0.4, 0.5) is 0 Å². The van der Waals surface area contributed by atoms with Crippen LogP contribution in [0, 0.1) is 5.41 Å². The van der Waals surface area contributed by atoms with Crippen LogP contribution in [-0.2, 0) is 6.54 Å². The summed E-state index contributed by atoms with van der Waals surface area (Å²) < 4.78 is 1.81. The summed E-state index contributed by atoms with van der Waals surface area (Å²) in [6, 6.07) is 0. The number of hydrogen-bond acceptors (Lipinski definition) is 2. The molecule has 0 unspecified atom stereocenters. The fraction of sp³-hybridized carbons (Fsp3) is 0.667. The van der Waals surface area contributed by atoms with Gasteiger partial charge in [0.15, 0.2) is 5.78 Å². The number of carbonyl (C=O) groups excluding carboxylic acids is 1. The molecule has 0 spiro atoms. The number of hydrogen-bond donors (Lipinski definition) is 0. The molecule has 1 heterocycles. The van der Waals surface area contributed by atoms with Crippen LogP contribution in [0.25, 0.3) is 0 Å². The van der Waals surface area contributed by atoms with Gasteiger partial charge < -0.3 is 0 Å². The Morgan fingerprint density at radius 2 is 2.20 bits per heavy atom. The zero-order chi connectivity index (χ0) is 10.9. The van der Waals surface area contributed by atoms with Gasteiger partial charge in [0.2, 0.25) is 0 Å². The molecule has 0 radical (unpaired) electrons. The molecular formula is C12H18N2O. The molecule has 1 aromatic rings. The monoisotopic (exact) mass is 206 g/mol. The Balaban J connectivity index is 2.19. The van der Waals surface area contributed by atoms with Crippen molar-refractivity contribution >= 4 is 5.78 Å². The molecule has 1 aliphatic carbocycles. The van der Waals surface area contributed by atoms with E-state index >= 15 is 0 Å². The van der Waals surface area contributed by atoms with Crippen molar-refractivity contribution in [2.45, 2.75) is 46.1 Å². The number of nitrogens with zero attached hydrogens (tertiary/aromatic N) is 2. The topological polar surface area (TPSA) is 34.9 Å². The number of rotatable bonds is 3. The highest BCUT2D eigenvalue weighted by Gasteiger charge is 2.37. The molecule has 0 atom stereocenters. The minimum atomic E-state index is -0.123. The summed E-state index contributed by atoms with van der Waals surface area (Å²) >= 11 is 0. The maximum atomic E-state index is 12.2. The molecule has 3 heteroatoms. The summed E-state index contributed by atoms with van der Waals surface area (Å²) in [6.45, 7) is 4.94. The first kappa shape index (κ1) is 10.4. The number of aromatic nitrogens is 2. The molecule has 0 aliphatic heterocycles. The van der Waals surface area contributed by atoms with Crippen LogP contribution >= 0.6 is 0 Å². The van der Waals surface area contributed by atoms with Crippen LogP contribution in [0.5, 0.6) is 0 Å². The largest absolute Gasteiger partial charge is 0.293 e. The van der Waals surface area contributed by atoms with Crippen molar-refractivity contribution in [3.05, 3.63) is 18.0 Å². The molecule has 1 aliphatic rings. The standard InChI is InChI=1S/C12H18N2O/c1-3-14-9-10(8-13-14)11(15)12(2)6-4-5-7-12/h8-9H,3-7H2,1-2H3. The van der Waals surface area contributed by atoms with Crippen molar-refractivity contribution in [1.82, 2.24) is 9.78 Å². The smallest absolute Gasteiger partial charge is 0.171 e. The SMILES string of the molecule is CCn1cc(C(=O)C2(C)CCCC2)cn1. The van der Waals surface area contributed by atoms with Crippen molar-refractivity contribution in [3.8, 4) is 0 Å². The maximum Gasteiger partial charge on any atom is 0.171 e. The van der Waals surface area contributed by atoms with Gasteiger partial charge in [-0.05, 0) is 19.8 Å². The molecule has 1 aromatic heterocycles. The summed E-state index contributed by atoms with van der Waals surface area (Å²) in [7, 11) is 0. The molecular weight excluding hydrogens is 188 g/mol. The minimum absolute atomic E-state index is 0.123. The molecule has 3 nitrogen and oxygen atoms in total. The first-order valence-corrected chi connectivity index (χ1v) is 5.73. The Bertz CT molecular complexity index is 361. The molecule has 0 amide bonds. The van der Waals surface area contributed by atoms with Crippen molar-refractivity contribution in [3.63, 3.8) is 0 Å². The summed E-state index contributed by atoms with van der Waals surface area (Å²) in [5.41, 5.74) is 0.656. The van der Waals surface area contributed by atoms with E-state index in [2.05, 4.69) is 12.0 Å². The highest BCUT2D eigenvalue weighted by molar-refractivity contribution is 6.00. The Hall–Kier alpha value is -1.12. The van der Waals surface area contributed by atoms with Gasteiger partial charge in [0.1, 0.15) is 0 Å². The van der Waals surface area contributed by atoms with Crippen LogP contribution in [0.2, 0.25) is 0 Å². The Kier molecular flexibility index (Phi) is 2.63. The molecule has 1 saturated carbocycles. The first-order chi connectivity index (χ1) is 7.15. The van der Waals surface area contributed by atoms with Gasteiger partial charge in [-0.25, -0.2) is 0 Å². The van der Waals surface area contributed by atoms with Crippen molar-refractivity contribution in [2.75, 3.05) is 0 Å². The third-order valence-electron chi connectivity index (χ3n) is 3.47. The van der Waals surface area contributed by atoms with E-state index < -0.39 is 0 Å². The summed E-state index contributed by atoms with van der Waals surface area (Å²) in [5.74, 6) is 0.278. The van der Waals surface area contributed by atoms with E-state index in [0.29, 0.717) is 0 Å². The van der Waals surface area contributed by atoms with Crippen LogP contribution < -0.4 is 0 Å². The van der Waals surface area contributed by atoms with Crippen LogP contribution in [-0.4, -0.2) is 15.6 Å². The van der Waals surface area contributed by atoms with E-state index in [0.717, 1.165) is 24.9 Å².